The average Bonchev–Trinajstić information content (AvgIpc) is 3.50. The predicted octanol–water partition coefficient (Wildman–Crippen LogP) is 20.5. The molecule has 0 aromatic heterocycles. The van der Waals surface area contributed by atoms with Gasteiger partial charge in [0.2, 0.25) is 5.91 Å². The highest BCUT2D eigenvalue weighted by atomic mass is 31.2. The number of carbonyl (C=O) groups excluding carboxylic acids is 1. The molecule has 0 aromatic rings. The summed E-state index contributed by atoms with van der Waals surface area (Å²) in [5, 5.41) is 13.9. The van der Waals surface area contributed by atoms with Gasteiger partial charge in [-0.25, -0.2) is 0 Å². The number of allylic oxidation sites excluding steroid dienone is 27. The lowest BCUT2D eigenvalue weighted by Crippen LogP contribution is -2.45. The Morgan fingerprint density at radius 2 is 0.747 bits per heavy atom. The number of likely N-dealkylation sites (N-methyl/N-ethyl adjacent to an activating group) is 1. The van der Waals surface area contributed by atoms with Crippen molar-refractivity contribution >= 4 is 13.7 Å². The number of phosphoric ester groups is 1. The van der Waals surface area contributed by atoms with Crippen molar-refractivity contribution in [2.75, 3.05) is 40.9 Å². The molecule has 3 atom stereocenters. The highest BCUT2D eigenvalue weighted by Crippen LogP contribution is 2.38. The van der Waals surface area contributed by atoms with Crippen LogP contribution in [0.1, 0.15) is 239 Å². The van der Waals surface area contributed by atoms with E-state index < -0.39 is 26.6 Å². The number of unbranched alkanes of at least 4 members (excludes halogenated alkanes) is 19. The molecular weight excluding hydrogens is 1040 g/mol. The fourth-order valence-corrected chi connectivity index (χ4v) is 9.28. The van der Waals surface area contributed by atoms with Gasteiger partial charge in [0.05, 0.1) is 39.9 Å². The number of phosphoric acid groups is 1. The summed E-state index contributed by atoms with van der Waals surface area (Å²) in [7, 11) is 1.19. The van der Waals surface area contributed by atoms with Gasteiger partial charge in [-0.3, -0.25) is 9.36 Å². The van der Waals surface area contributed by atoms with E-state index in [1.54, 1.807) is 6.08 Å². The van der Waals surface area contributed by atoms with Crippen LogP contribution in [0.2, 0.25) is 0 Å². The number of quaternary nitrogens is 1. The molecule has 0 aromatic carbocycles. The molecule has 9 heteroatoms. The van der Waals surface area contributed by atoms with Crippen LogP contribution in [0.4, 0.5) is 0 Å². The van der Waals surface area contributed by atoms with Crippen LogP contribution in [-0.4, -0.2) is 68.5 Å². The second-order valence-corrected chi connectivity index (χ2v) is 24.1. The first kappa shape index (κ1) is 78.9. The second-order valence-electron chi connectivity index (χ2n) is 22.7. The molecule has 0 rings (SSSR count). The minimum Gasteiger partial charge on any atom is -0.756 e. The first-order chi connectivity index (χ1) is 40.5. The molecule has 0 saturated heterocycles. The molecule has 0 fully saturated rings. The van der Waals surface area contributed by atoms with Gasteiger partial charge in [-0.05, 0) is 122 Å². The predicted molar refractivity (Wildman–Crippen MR) is 361 cm³/mol. The quantitative estimate of drug-likeness (QED) is 0.0272. The Morgan fingerprint density at radius 1 is 0.434 bits per heavy atom. The van der Waals surface area contributed by atoms with Gasteiger partial charge in [-0.1, -0.05) is 280 Å². The molecule has 0 heterocycles. The van der Waals surface area contributed by atoms with Crippen LogP contribution >= 0.6 is 7.82 Å². The zero-order valence-electron chi connectivity index (χ0n) is 53.6. The molecule has 470 valence electrons. The molecule has 0 spiro atoms. The van der Waals surface area contributed by atoms with Crippen molar-refractivity contribution in [2.24, 2.45) is 0 Å². The smallest absolute Gasteiger partial charge is 0.268 e. The number of nitrogens with zero attached hydrogens (tertiary/aromatic N) is 1. The fraction of sp³-hybridized carbons (Fsp3) is 0.608. The lowest BCUT2D eigenvalue weighted by atomic mass is 10.0. The van der Waals surface area contributed by atoms with E-state index in [9.17, 15) is 19.4 Å². The Balaban J connectivity index is 4.31. The first-order valence-corrected chi connectivity index (χ1v) is 34.5. The van der Waals surface area contributed by atoms with E-state index in [1.165, 1.54) is 103 Å². The van der Waals surface area contributed by atoms with Gasteiger partial charge in [0.1, 0.15) is 13.2 Å². The summed E-state index contributed by atoms with van der Waals surface area (Å²) in [6.45, 7) is 4.47. The van der Waals surface area contributed by atoms with Crippen LogP contribution < -0.4 is 10.2 Å². The third-order valence-corrected chi connectivity index (χ3v) is 14.6. The summed E-state index contributed by atoms with van der Waals surface area (Å²) in [5.74, 6) is -0.255. The number of aliphatic hydroxyl groups excluding tert-OH is 1. The maximum absolute atomic E-state index is 13.0. The van der Waals surface area contributed by atoms with Crippen LogP contribution in [0.25, 0.3) is 0 Å². The van der Waals surface area contributed by atoms with Crippen LogP contribution in [0, 0.1) is 0 Å². The topological polar surface area (TPSA) is 108 Å². The summed E-state index contributed by atoms with van der Waals surface area (Å²) in [4.78, 5) is 25.6. The van der Waals surface area contributed by atoms with Gasteiger partial charge in [0, 0.05) is 6.42 Å². The van der Waals surface area contributed by atoms with Crippen LogP contribution in [0.15, 0.2) is 170 Å². The van der Waals surface area contributed by atoms with Gasteiger partial charge >= 0.3 is 0 Å². The van der Waals surface area contributed by atoms with Crippen molar-refractivity contribution in [2.45, 2.75) is 251 Å². The molecule has 2 N–H and O–H groups in total. The van der Waals surface area contributed by atoms with Gasteiger partial charge in [0.15, 0.2) is 0 Å². The molecule has 1 amide bonds. The Labute approximate surface area is 511 Å². The lowest BCUT2D eigenvalue weighted by Gasteiger charge is -2.29. The SMILES string of the molecule is CC/C=C\C/C=C\C/C=C\C/C=C\C/C=C\C/C=C\C/C=C\C/C=C\C/C=C\C/C=C\C/C=C\C/C=C\CCCCC(=O)NC(COP(=O)([O-])OCC[N+](C)(C)C)C(O)/C=C/CC/C=C/CCCCCCCCCCCCCCCCCC. The molecular formula is C74H123N2O6P. The Bertz CT molecular complexity index is 1960. The van der Waals surface area contributed by atoms with E-state index in [-0.39, 0.29) is 18.9 Å². The van der Waals surface area contributed by atoms with Crippen LogP contribution in [-0.2, 0) is 18.4 Å². The van der Waals surface area contributed by atoms with E-state index in [1.807, 2.05) is 27.2 Å². The first-order valence-electron chi connectivity index (χ1n) is 33.0. The summed E-state index contributed by atoms with van der Waals surface area (Å²) in [6.07, 6.45) is 98.9. The van der Waals surface area contributed by atoms with Crippen LogP contribution in [0.3, 0.4) is 0 Å². The van der Waals surface area contributed by atoms with Gasteiger partial charge in [-0.15, -0.1) is 0 Å². The number of rotatable bonds is 58. The van der Waals surface area contributed by atoms with Crippen molar-refractivity contribution in [3.8, 4) is 0 Å². The molecule has 0 aliphatic carbocycles. The second kappa shape index (κ2) is 62.4. The van der Waals surface area contributed by atoms with E-state index >= 15 is 0 Å². The largest absolute Gasteiger partial charge is 0.756 e. The molecule has 0 radical (unpaired) electrons. The van der Waals surface area contributed by atoms with E-state index in [2.05, 4.69) is 177 Å². The molecule has 3 unspecified atom stereocenters. The summed E-state index contributed by atoms with van der Waals surface area (Å²) >= 11 is 0. The molecule has 0 aliphatic rings. The molecule has 0 aliphatic heterocycles. The van der Waals surface area contributed by atoms with Crippen molar-refractivity contribution in [1.82, 2.24) is 5.32 Å². The minimum atomic E-state index is -4.63. The molecule has 0 saturated carbocycles. The van der Waals surface area contributed by atoms with E-state index in [4.69, 9.17) is 9.05 Å². The number of amides is 1. The fourth-order valence-electron chi connectivity index (χ4n) is 8.56. The maximum Gasteiger partial charge on any atom is 0.268 e. The summed E-state index contributed by atoms with van der Waals surface area (Å²) < 4.78 is 23.4. The zero-order chi connectivity index (χ0) is 60.5. The number of nitrogens with one attached hydrogen (secondary N) is 1. The normalized spacial score (nSPS) is 14.8. The van der Waals surface area contributed by atoms with E-state index in [0.717, 1.165) is 109 Å². The van der Waals surface area contributed by atoms with Crippen molar-refractivity contribution in [1.29, 1.82) is 0 Å². The van der Waals surface area contributed by atoms with Crippen molar-refractivity contribution in [3.05, 3.63) is 170 Å². The third kappa shape index (κ3) is 65.3. The zero-order valence-corrected chi connectivity index (χ0v) is 54.5. The number of carbonyl (C=O) groups is 1. The van der Waals surface area contributed by atoms with E-state index in [0.29, 0.717) is 17.4 Å². The van der Waals surface area contributed by atoms with Crippen molar-refractivity contribution in [3.63, 3.8) is 0 Å². The van der Waals surface area contributed by atoms with Gasteiger partial charge in [0.25, 0.3) is 7.82 Å². The lowest BCUT2D eigenvalue weighted by molar-refractivity contribution is -0.870. The summed E-state index contributed by atoms with van der Waals surface area (Å²) in [6, 6.07) is -0.941. The standard InChI is InChI=1S/C74H123N2O6P/c1-6-8-10-12-14-16-18-20-22-24-26-28-30-31-32-33-34-35-36-37-38-39-40-41-42-43-44-45-46-48-50-52-54-56-58-60-62-64-66-68-74(78)75-72(71-82-83(79,80)81-70-69-76(3,4)5)73(77)67-65-63-61-59-57-55-53-51-49-47-29-27-25-23-21-19-17-15-13-11-9-7-2/h8,10,14,16,20,22,26,28,31-32,34-35,37-38,40-41,43-44,46,48,52,54,57-60,65,67,72-73,77H,6-7,9,11-13,15,17-19,21,23-25,27,29-30,33,36,39,42,45,47,49-51,53,55-56,61-64,66,68-71H2,1-5H3,(H-,75,78,79,80)/b10-8-,16-14-,22-20-,28-26-,32-31-,35-34-,38-37-,41-40-,44-43-,48-46-,54-52-,59-57+,60-58-,67-65+. The van der Waals surface area contributed by atoms with Gasteiger partial charge in [-0.2, -0.15) is 0 Å². The monoisotopic (exact) mass is 1170 g/mol. The number of aliphatic hydroxyl groups is 1. The van der Waals surface area contributed by atoms with Crippen molar-refractivity contribution < 1.29 is 32.9 Å². The number of hydrogen-bond donors (Lipinski definition) is 2. The van der Waals surface area contributed by atoms with Gasteiger partial charge < -0.3 is 28.8 Å². The Hall–Kier alpha value is -4.14. The molecule has 83 heavy (non-hydrogen) atoms. The minimum absolute atomic E-state index is 0.0242. The molecule has 0 bridgehead atoms. The summed E-state index contributed by atoms with van der Waals surface area (Å²) in [5.41, 5.74) is 0. The van der Waals surface area contributed by atoms with Crippen LogP contribution in [0.5, 0.6) is 0 Å². The maximum atomic E-state index is 13.0. The highest BCUT2D eigenvalue weighted by Gasteiger charge is 2.23. The third-order valence-electron chi connectivity index (χ3n) is 13.7. The highest BCUT2D eigenvalue weighted by molar-refractivity contribution is 7.45. The number of hydrogen-bond acceptors (Lipinski definition) is 6. The Kier molecular flexibility index (Phi) is 59.3. The average molecular weight is 1170 g/mol. The molecule has 8 nitrogen and oxygen atoms in total. The Morgan fingerprint density at radius 3 is 1.12 bits per heavy atom.